The number of hydrogen-bond donors (Lipinski definition) is 2. The SMILES string of the molecule is CC(C)(C)c1cc(C(=O)N2CCC(N3CCC(C(=O)Nc4ccc5nccnc5c4)CC3)CC2)c[nH]1. The number of aromatic amines is 1. The number of nitrogens with one attached hydrogen (secondary N) is 2. The minimum absolute atomic E-state index is 0.00128. The molecule has 0 spiro atoms. The van der Waals surface area contributed by atoms with Gasteiger partial charge in [-0.15, -0.1) is 0 Å². The van der Waals surface area contributed by atoms with Crippen LogP contribution in [0.15, 0.2) is 42.9 Å². The van der Waals surface area contributed by atoms with Crippen molar-refractivity contribution >= 4 is 28.5 Å². The van der Waals surface area contributed by atoms with Gasteiger partial charge in [-0.3, -0.25) is 19.6 Å². The quantitative estimate of drug-likeness (QED) is 0.574. The summed E-state index contributed by atoms with van der Waals surface area (Å²) >= 11 is 0. The molecule has 2 amide bonds. The van der Waals surface area contributed by atoms with Crippen LogP contribution in [-0.4, -0.2) is 68.8 Å². The van der Waals surface area contributed by atoms with Crippen molar-refractivity contribution < 1.29 is 9.59 Å². The predicted molar refractivity (Wildman–Crippen MR) is 141 cm³/mol. The van der Waals surface area contributed by atoms with E-state index in [1.54, 1.807) is 12.4 Å². The molecule has 2 saturated heterocycles. The number of likely N-dealkylation sites (tertiary alicyclic amines) is 2. The number of rotatable bonds is 4. The van der Waals surface area contributed by atoms with Crippen molar-refractivity contribution in [3.8, 4) is 0 Å². The predicted octanol–water partition coefficient (Wildman–Crippen LogP) is 4.21. The fourth-order valence-corrected chi connectivity index (χ4v) is 5.38. The summed E-state index contributed by atoms with van der Waals surface area (Å²) in [6.07, 6.45) is 8.85. The largest absolute Gasteiger partial charge is 0.364 e. The maximum absolute atomic E-state index is 13.0. The first-order chi connectivity index (χ1) is 17.3. The number of benzene rings is 1. The highest BCUT2D eigenvalue weighted by Gasteiger charge is 2.32. The van der Waals surface area contributed by atoms with Gasteiger partial charge >= 0.3 is 0 Å². The molecule has 8 nitrogen and oxygen atoms in total. The van der Waals surface area contributed by atoms with Crippen LogP contribution in [0.4, 0.5) is 5.69 Å². The zero-order chi connectivity index (χ0) is 25.3. The molecule has 2 aliphatic heterocycles. The maximum Gasteiger partial charge on any atom is 0.255 e. The Labute approximate surface area is 212 Å². The molecule has 8 heteroatoms. The van der Waals surface area contributed by atoms with Crippen LogP contribution >= 0.6 is 0 Å². The molecular weight excluding hydrogens is 452 g/mol. The molecule has 36 heavy (non-hydrogen) atoms. The summed E-state index contributed by atoms with van der Waals surface area (Å²) in [5.74, 6) is 0.223. The van der Waals surface area contributed by atoms with Crippen molar-refractivity contribution in [3.63, 3.8) is 0 Å². The van der Waals surface area contributed by atoms with Crippen molar-refractivity contribution in [2.24, 2.45) is 5.92 Å². The average molecular weight is 489 g/mol. The number of carbonyl (C=O) groups is 2. The number of nitrogens with zero attached hydrogens (tertiary/aromatic N) is 4. The molecule has 0 unspecified atom stereocenters. The lowest BCUT2D eigenvalue weighted by Gasteiger charge is -2.41. The Morgan fingerprint density at radius 1 is 0.944 bits per heavy atom. The summed E-state index contributed by atoms with van der Waals surface area (Å²) < 4.78 is 0. The molecule has 0 saturated carbocycles. The first-order valence-electron chi connectivity index (χ1n) is 13.0. The molecule has 0 bridgehead atoms. The third-order valence-corrected chi connectivity index (χ3v) is 7.64. The molecule has 0 atom stereocenters. The van der Waals surface area contributed by atoms with Crippen LogP contribution in [0.5, 0.6) is 0 Å². The summed E-state index contributed by atoms with van der Waals surface area (Å²) in [4.78, 5) is 42.3. The third kappa shape index (κ3) is 5.28. The number of carbonyl (C=O) groups excluding carboxylic acids is 2. The second-order valence-corrected chi connectivity index (χ2v) is 11.1. The zero-order valence-corrected chi connectivity index (χ0v) is 21.5. The number of amides is 2. The van der Waals surface area contributed by atoms with Crippen molar-refractivity contribution in [3.05, 3.63) is 54.1 Å². The van der Waals surface area contributed by atoms with Gasteiger partial charge in [0.25, 0.3) is 5.91 Å². The highest BCUT2D eigenvalue weighted by atomic mass is 16.2. The second-order valence-electron chi connectivity index (χ2n) is 11.1. The van der Waals surface area contributed by atoms with Crippen molar-refractivity contribution in [2.75, 3.05) is 31.5 Å². The molecule has 2 aromatic heterocycles. The minimum Gasteiger partial charge on any atom is -0.364 e. The van der Waals surface area contributed by atoms with Crippen LogP contribution in [0.3, 0.4) is 0 Å². The minimum atomic E-state index is -0.00128. The summed E-state index contributed by atoms with van der Waals surface area (Å²) in [5.41, 5.74) is 4.20. The molecule has 3 aromatic rings. The molecular formula is C28H36N6O2. The van der Waals surface area contributed by atoms with E-state index >= 15 is 0 Å². The van der Waals surface area contributed by atoms with Crippen molar-refractivity contribution in [2.45, 2.75) is 57.9 Å². The summed E-state index contributed by atoms with van der Waals surface area (Å²) in [6.45, 7) is 9.84. The van der Waals surface area contributed by atoms with E-state index in [1.807, 2.05) is 35.4 Å². The Hall–Kier alpha value is -3.26. The number of hydrogen-bond acceptors (Lipinski definition) is 5. The van der Waals surface area contributed by atoms with Crippen molar-refractivity contribution in [1.82, 2.24) is 24.8 Å². The lowest BCUT2D eigenvalue weighted by atomic mass is 9.92. The monoisotopic (exact) mass is 488 g/mol. The Morgan fingerprint density at radius 3 is 2.31 bits per heavy atom. The second kappa shape index (κ2) is 10.0. The maximum atomic E-state index is 13.0. The molecule has 0 aliphatic carbocycles. The fraction of sp³-hybridized carbons (Fsp3) is 0.500. The van der Waals surface area contributed by atoms with E-state index < -0.39 is 0 Å². The highest BCUT2D eigenvalue weighted by Crippen LogP contribution is 2.27. The van der Waals surface area contributed by atoms with E-state index in [0.29, 0.717) is 6.04 Å². The van der Waals surface area contributed by atoms with E-state index in [-0.39, 0.29) is 23.1 Å². The summed E-state index contributed by atoms with van der Waals surface area (Å²) in [5, 5.41) is 3.07. The van der Waals surface area contributed by atoms with Gasteiger partial charge in [-0.1, -0.05) is 20.8 Å². The van der Waals surface area contributed by atoms with Crippen LogP contribution in [0.1, 0.15) is 62.5 Å². The van der Waals surface area contributed by atoms with Gasteiger partial charge in [0.05, 0.1) is 16.6 Å². The lowest BCUT2D eigenvalue weighted by Crippen LogP contribution is -2.49. The van der Waals surface area contributed by atoms with Gasteiger partial charge < -0.3 is 20.1 Å². The summed E-state index contributed by atoms with van der Waals surface area (Å²) in [7, 11) is 0. The number of fused-ring (bicyclic) bond motifs is 1. The van der Waals surface area contributed by atoms with Crippen LogP contribution in [0.2, 0.25) is 0 Å². The fourth-order valence-electron chi connectivity index (χ4n) is 5.38. The number of piperidine rings is 2. The zero-order valence-electron chi connectivity index (χ0n) is 21.5. The van der Waals surface area contributed by atoms with Gasteiger partial charge in [0.2, 0.25) is 5.91 Å². The Morgan fingerprint density at radius 2 is 1.64 bits per heavy atom. The standard InChI is InChI=1S/C28H36N6O2/c1-28(2,3)25-16-20(18-31-25)27(36)34-14-8-22(9-15-34)33-12-6-19(7-13-33)26(35)32-21-4-5-23-24(17-21)30-11-10-29-23/h4-5,10-11,16-19,22,31H,6-9,12-15H2,1-3H3,(H,32,35). The Balaban J connectivity index is 1.09. The van der Waals surface area contributed by atoms with E-state index in [0.717, 1.165) is 79.8 Å². The molecule has 0 radical (unpaired) electrons. The normalized spacial score (nSPS) is 18.5. The molecule has 2 aliphatic rings. The molecule has 4 heterocycles. The molecule has 1 aromatic carbocycles. The topological polar surface area (TPSA) is 94.2 Å². The lowest BCUT2D eigenvalue weighted by molar-refractivity contribution is -0.121. The molecule has 5 rings (SSSR count). The number of anilines is 1. The van der Waals surface area contributed by atoms with Gasteiger partial charge in [0.1, 0.15) is 0 Å². The van der Waals surface area contributed by atoms with Crippen LogP contribution in [-0.2, 0) is 10.2 Å². The molecule has 190 valence electrons. The van der Waals surface area contributed by atoms with E-state index in [4.69, 9.17) is 0 Å². The molecule has 2 fully saturated rings. The van der Waals surface area contributed by atoms with Gasteiger partial charge in [-0.25, -0.2) is 0 Å². The Kier molecular flexibility index (Phi) is 6.79. The summed E-state index contributed by atoms with van der Waals surface area (Å²) in [6, 6.07) is 8.12. The van der Waals surface area contributed by atoms with E-state index in [9.17, 15) is 9.59 Å². The average Bonchev–Trinajstić information content (AvgIpc) is 3.40. The van der Waals surface area contributed by atoms with E-state index in [2.05, 4.69) is 45.9 Å². The third-order valence-electron chi connectivity index (χ3n) is 7.64. The molecule has 2 N–H and O–H groups in total. The first-order valence-corrected chi connectivity index (χ1v) is 13.0. The van der Waals surface area contributed by atoms with Gasteiger partial charge in [-0.05, 0) is 63.0 Å². The van der Waals surface area contributed by atoms with Gasteiger partial charge in [0, 0.05) is 60.4 Å². The van der Waals surface area contributed by atoms with Gasteiger partial charge in [-0.2, -0.15) is 0 Å². The first kappa shape index (κ1) is 24.4. The highest BCUT2D eigenvalue weighted by molar-refractivity contribution is 5.95. The Bertz CT molecular complexity index is 1230. The smallest absolute Gasteiger partial charge is 0.255 e. The van der Waals surface area contributed by atoms with Gasteiger partial charge in [0.15, 0.2) is 0 Å². The van der Waals surface area contributed by atoms with Crippen molar-refractivity contribution in [1.29, 1.82) is 0 Å². The van der Waals surface area contributed by atoms with Crippen LogP contribution in [0.25, 0.3) is 11.0 Å². The number of H-pyrrole nitrogens is 1. The number of aromatic nitrogens is 3. The van der Waals surface area contributed by atoms with E-state index in [1.165, 1.54) is 0 Å². The van der Waals surface area contributed by atoms with Crippen LogP contribution in [0, 0.1) is 5.92 Å². The van der Waals surface area contributed by atoms with Crippen LogP contribution < -0.4 is 5.32 Å².